The van der Waals surface area contributed by atoms with E-state index < -0.39 is 10.0 Å². The predicted molar refractivity (Wildman–Crippen MR) is 100 cm³/mol. The number of sulfonamides is 1. The van der Waals surface area contributed by atoms with Gasteiger partial charge in [-0.25, -0.2) is 8.42 Å². The number of nitrogens with one attached hydrogen (secondary N) is 1. The first-order valence-corrected chi connectivity index (χ1v) is 11.5. The fraction of sp³-hybridized carbons (Fsp3) is 0.722. The lowest BCUT2D eigenvalue weighted by Gasteiger charge is -2.32. The van der Waals surface area contributed by atoms with Crippen LogP contribution in [0.2, 0.25) is 0 Å². The van der Waals surface area contributed by atoms with Crippen LogP contribution in [-0.4, -0.2) is 37.8 Å². The Labute approximate surface area is 154 Å². The summed E-state index contributed by atoms with van der Waals surface area (Å²) < 4.78 is 27.3. The molecule has 0 atom stereocenters. The minimum Gasteiger partial charge on any atom is -0.353 e. The standard InChI is InChI=1S/C18H28N2O3S2/c1-13-12-17(14(2)24-13)25(22,23)20-10-8-16(9-11-20)19-18(21)15-6-4-3-5-7-15/h12,15-16H,3-11H2,1-2H3,(H,19,21). The highest BCUT2D eigenvalue weighted by Gasteiger charge is 2.32. The number of carbonyl (C=O) groups excluding carboxylic acids is 1. The maximum absolute atomic E-state index is 12.8. The molecule has 0 bridgehead atoms. The number of nitrogens with zero attached hydrogens (tertiary/aromatic N) is 1. The Balaban J connectivity index is 1.56. The fourth-order valence-electron chi connectivity index (χ4n) is 3.93. The number of hydrogen-bond acceptors (Lipinski definition) is 4. The zero-order valence-corrected chi connectivity index (χ0v) is 16.7. The molecular weight excluding hydrogens is 356 g/mol. The maximum atomic E-state index is 12.8. The zero-order chi connectivity index (χ0) is 18.0. The lowest BCUT2D eigenvalue weighted by molar-refractivity contribution is -0.126. The van der Waals surface area contributed by atoms with Gasteiger partial charge in [0.25, 0.3) is 0 Å². The molecule has 1 amide bonds. The van der Waals surface area contributed by atoms with Crippen molar-refractivity contribution in [3.63, 3.8) is 0 Å². The molecule has 3 rings (SSSR count). The minimum absolute atomic E-state index is 0.103. The predicted octanol–water partition coefficient (Wildman–Crippen LogP) is 3.21. The van der Waals surface area contributed by atoms with Gasteiger partial charge >= 0.3 is 0 Å². The Morgan fingerprint density at radius 1 is 1.12 bits per heavy atom. The van der Waals surface area contributed by atoms with E-state index in [9.17, 15) is 13.2 Å². The summed E-state index contributed by atoms with van der Waals surface area (Å²) >= 11 is 1.52. The van der Waals surface area contributed by atoms with Crippen molar-refractivity contribution in [2.24, 2.45) is 5.92 Å². The van der Waals surface area contributed by atoms with Gasteiger partial charge in [0.15, 0.2) is 0 Å². The van der Waals surface area contributed by atoms with Crippen LogP contribution < -0.4 is 5.32 Å². The lowest BCUT2D eigenvalue weighted by atomic mass is 9.88. The van der Waals surface area contributed by atoms with E-state index in [1.165, 1.54) is 17.8 Å². The molecule has 0 unspecified atom stereocenters. The van der Waals surface area contributed by atoms with Crippen molar-refractivity contribution in [3.8, 4) is 0 Å². The number of hydrogen-bond donors (Lipinski definition) is 1. The Hall–Kier alpha value is -0.920. The first-order chi connectivity index (χ1) is 11.9. The smallest absolute Gasteiger partial charge is 0.244 e. The Morgan fingerprint density at radius 2 is 1.76 bits per heavy atom. The van der Waals surface area contributed by atoms with Gasteiger partial charge in [-0.1, -0.05) is 19.3 Å². The summed E-state index contributed by atoms with van der Waals surface area (Å²) in [5.74, 6) is 0.331. The van der Waals surface area contributed by atoms with E-state index in [0.29, 0.717) is 30.8 Å². The van der Waals surface area contributed by atoms with E-state index in [1.807, 2.05) is 13.8 Å². The summed E-state index contributed by atoms with van der Waals surface area (Å²) in [5, 5.41) is 3.16. The Morgan fingerprint density at radius 3 is 2.32 bits per heavy atom. The molecular formula is C18H28N2O3S2. The highest BCUT2D eigenvalue weighted by molar-refractivity contribution is 7.89. The van der Waals surface area contributed by atoms with Crippen LogP contribution in [0.5, 0.6) is 0 Å². The van der Waals surface area contributed by atoms with Gasteiger partial charge in [0, 0.05) is 34.8 Å². The van der Waals surface area contributed by atoms with Crippen molar-refractivity contribution in [1.29, 1.82) is 0 Å². The van der Waals surface area contributed by atoms with Gasteiger partial charge in [0.1, 0.15) is 0 Å². The molecule has 1 aromatic heterocycles. The molecule has 1 saturated heterocycles. The number of carbonyl (C=O) groups is 1. The molecule has 1 aliphatic heterocycles. The molecule has 25 heavy (non-hydrogen) atoms. The van der Waals surface area contributed by atoms with E-state index in [0.717, 1.165) is 35.4 Å². The summed E-state index contributed by atoms with van der Waals surface area (Å²) in [5.41, 5.74) is 0. The van der Waals surface area contributed by atoms with Crippen LogP contribution in [0.15, 0.2) is 11.0 Å². The first kappa shape index (κ1) is 18.9. The van der Waals surface area contributed by atoms with Crippen molar-refractivity contribution >= 4 is 27.3 Å². The van der Waals surface area contributed by atoms with E-state index in [2.05, 4.69) is 5.32 Å². The number of rotatable bonds is 4. The van der Waals surface area contributed by atoms with Crippen LogP contribution in [0.1, 0.15) is 54.7 Å². The van der Waals surface area contributed by atoms with E-state index in [1.54, 1.807) is 10.4 Å². The van der Waals surface area contributed by atoms with Crippen LogP contribution in [-0.2, 0) is 14.8 Å². The topological polar surface area (TPSA) is 66.5 Å². The second-order valence-electron chi connectivity index (χ2n) is 7.30. The van der Waals surface area contributed by atoms with Gasteiger partial charge in [-0.3, -0.25) is 4.79 Å². The zero-order valence-electron chi connectivity index (χ0n) is 15.1. The van der Waals surface area contributed by atoms with Crippen LogP contribution >= 0.6 is 11.3 Å². The monoisotopic (exact) mass is 384 g/mol. The number of thiophene rings is 1. The highest BCUT2D eigenvalue weighted by atomic mass is 32.2. The summed E-state index contributed by atoms with van der Waals surface area (Å²) in [6, 6.07) is 1.87. The molecule has 1 aromatic rings. The van der Waals surface area contributed by atoms with E-state index >= 15 is 0 Å². The van der Waals surface area contributed by atoms with Gasteiger partial charge in [0.05, 0.1) is 4.90 Å². The van der Waals surface area contributed by atoms with Crippen LogP contribution in [0.3, 0.4) is 0 Å². The van der Waals surface area contributed by atoms with Crippen molar-refractivity contribution < 1.29 is 13.2 Å². The number of aryl methyl sites for hydroxylation is 2. The first-order valence-electron chi connectivity index (χ1n) is 9.25. The van der Waals surface area contributed by atoms with Gasteiger partial charge in [-0.05, 0) is 45.6 Å². The third kappa shape index (κ3) is 4.26. The molecule has 7 heteroatoms. The van der Waals surface area contributed by atoms with Crippen molar-refractivity contribution in [3.05, 3.63) is 15.8 Å². The van der Waals surface area contributed by atoms with Gasteiger partial charge in [-0.2, -0.15) is 4.31 Å². The van der Waals surface area contributed by atoms with Crippen LogP contribution in [0, 0.1) is 19.8 Å². The number of amides is 1. The van der Waals surface area contributed by atoms with Crippen LogP contribution in [0.4, 0.5) is 0 Å². The second kappa shape index (κ2) is 7.76. The molecule has 2 aliphatic rings. The molecule has 1 N–H and O–H groups in total. The lowest BCUT2D eigenvalue weighted by Crippen LogP contribution is -2.48. The summed E-state index contributed by atoms with van der Waals surface area (Å²) in [6.45, 7) is 4.75. The van der Waals surface area contributed by atoms with E-state index in [4.69, 9.17) is 0 Å². The average molecular weight is 385 g/mol. The van der Waals surface area contributed by atoms with E-state index in [-0.39, 0.29) is 17.9 Å². The molecule has 0 spiro atoms. The fourth-order valence-corrected chi connectivity index (χ4v) is 6.92. The maximum Gasteiger partial charge on any atom is 0.244 e. The Kier molecular flexibility index (Phi) is 5.85. The molecule has 140 valence electrons. The van der Waals surface area contributed by atoms with Gasteiger partial charge in [0.2, 0.25) is 15.9 Å². The molecule has 1 aliphatic carbocycles. The van der Waals surface area contributed by atoms with Crippen LogP contribution in [0.25, 0.3) is 0 Å². The molecule has 2 heterocycles. The van der Waals surface area contributed by atoms with Crippen molar-refractivity contribution in [2.45, 2.75) is 69.7 Å². The third-order valence-electron chi connectivity index (χ3n) is 5.39. The minimum atomic E-state index is -3.41. The van der Waals surface area contributed by atoms with Crippen molar-refractivity contribution in [2.75, 3.05) is 13.1 Å². The molecule has 5 nitrogen and oxygen atoms in total. The van der Waals surface area contributed by atoms with Gasteiger partial charge in [-0.15, -0.1) is 11.3 Å². The molecule has 0 aromatic carbocycles. The molecule has 2 fully saturated rings. The highest BCUT2D eigenvalue weighted by Crippen LogP contribution is 2.29. The molecule has 0 radical (unpaired) electrons. The van der Waals surface area contributed by atoms with Crippen molar-refractivity contribution in [1.82, 2.24) is 9.62 Å². The Bertz CT molecular complexity index is 713. The quantitative estimate of drug-likeness (QED) is 0.867. The van der Waals surface area contributed by atoms with Gasteiger partial charge < -0.3 is 5.32 Å². The summed E-state index contributed by atoms with van der Waals surface area (Å²) in [7, 11) is -3.41. The SMILES string of the molecule is Cc1cc(S(=O)(=O)N2CCC(NC(=O)C3CCCCC3)CC2)c(C)s1. The average Bonchev–Trinajstić information content (AvgIpc) is 2.95. The summed E-state index contributed by atoms with van der Waals surface area (Å²) in [4.78, 5) is 14.7. The summed E-state index contributed by atoms with van der Waals surface area (Å²) in [6.07, 6.45) is 6.91. The second-order valence-corrected chi connectivity index (χ2v) is 10.7. The number of piperidine rings is 1. The third-order valence-corrected chi connectivity index (χ3v) is 8.51. The normalized spacial score (nSPS) is 21.4. The molecule has 1 saturated carbocycles. The largest absolute Gasteiger partial charge is 0.353 e.